The molecule has 6 heterocycles. The van der Waals surface area contributed by atoms with Gasteiger partial charge >= 0.3 is 101 Å². The number of ether oxygens (including phenoxy) is 5. The number of hydrogen-bond donors (Lipinski definition) is 2. The first kappa shape index (κ1) is 104. The first-order chi connectivity index (χ1) is 54.3. The first-order valence-corrected chi connectivity index (χ1v) is 39.6. The van der Waals surface area contributed by atoms with Crippen molar-refractivity contribution in [2.45, 2.75) is 227 Å². The third-order valence-corrected chi connectivity index (χ3v) is 19.6. The average molecular weight is 1720 g/mol. The molecule has 0 bridgehead atoms. The van der Waals surface area contributed by atoms with E-state index in [1.165, 1.54) is 84.3 Å². The molecule has 4 saturated carbocycles. The summed E-state index contributed by atoms with van der Waals surface area (Å²) in [7, 11) is 0.750. The fraction of sp³-hybridized carbons (Fsp3) is 0.584. The zero-order valence-corrected chi connectivity index (χ0v) is 73.0. The predicted molar refractivity (Wildman–Crippen MR) is 413 cm³/mol. The van der Waals surface area contributed by atoms with Gasteiger partial charge in [0.15, 0.2) is 30.4 Å². The van der Waals surface area contributed by atoms with Crippen LogP contribution >= 0.6 is 34.8 Å². The number of halogens is 9. The number of aryl methyl sites for hydroxylation is 2. The molecule has 4 aliphatic carbocycles. The third-order valence-electron chi connectivity index (χ3n) is 19.1. The van der Waals surface area contributed by atoms with Crippen LogP contribution in [0, 0.1) is 23.7 Å². The number of carboxylic acids is 1. The number of carbonyl (C=O) groups excluding carboxylic acids is 3. The molecule has 4 fully saturated rings. The number of H-pyrrole nitrogens is 1. The van der Waals surface area contributed by atoms with Gasteiger partial charge in [0.25, 0.3) is 11.1 Å². The molecule has 0 aliphatic heterocycles. The van der Waals surface area contributed by atoms with Crippen molar-refractivity contribution in [1.82, 2.24) is 57.3 Å². The summed E-state index contributed by atoms with van der Waals surface area (Å²) in [6.07, 6.45) is 21.8. The maximum atomic E-state index is 13.6. The molecule has 39 heteroatoms. The number of rotatable bonds is 25. The SMILES string of the molecule is CCCn1c(=O)c2[nH]c(-c3cnn(Cc4cccc(C(F)(F)F)c4)c3)nc2n(CC)c1=O.CCCn1c(=O)c2c(nc(-c3cnn(Cc4cccc(C(F)(F)F)c4)c3)n2COCOC(=O)C2CCCCC2)n(CC)c1=O.C[O-].ClCOCCl.O=C(O)C1CCCCC1.O=C(OCOCCl)C1CCCCC1.O=[C-]C1CCCCC1.[Na+].[Na+].[OH-]. The number of benzene rings is 2. The second-order valence-corrected chi connectivity index (χ2v) is 27.7. The molecule has 116 heavy (non-hydrogen) atoms. The molecule has 2 aromatic carbocycles. The van der Waals surface area contributed by atoms with E-state index in [1.54, 1.807) is 38.4 Å². The molecule has 3 N–H and O–H groups in total. The van der Waals surface area contributed by atoms with Crippen LogP contribution in [0.1, 0.15) is 191 Å². The van der Waals surface area contributed by atoms with Crippen molar-refractivity contribution in [2.75, 3.05) is 38.9 Å². The van der Waals surface area contributed by atoms with E-state index in [0.717, 1.165) is 132 Å². The molecule has 0 atom stereocenters. The second-order valence-electron chi connectivity index (χ2n) is 27.1. The fourth-order valence-corrected chi connectivity index (χ4v) is 13.7. The topological polar surface area (TPSA) is 358 Å². The Labute approximate surface area is 727 Å². The van der Waals surface area contributed by atoms with Gasteiger partial charge in [0.05, 0.1) is 65.5 Å². The molecule has 0 unspecified atom stereocenters. The molecule has 0 saturated heterocycles. The number of carbonyl (C=O) groups is 3. The summed E-state index contributed by atoms with van der Waals surface area (Å²) in [5.41, 5.74) is -0.718. The molecule has 0 spiro atoms. The Morgan fingerprint density at radius 3 is 1.39 bits per heavy atom. The van der Waals surface area contributed by atoms with E-state index in [2.05, 4.69) is 36.2 Å². The quantitative estimate of drug-likeness (QED) is 0.0105. The molecule has 4 aliphatic rings. The molecular weight excluding hydrogens is 1620 g/mol. The van der Waals surface area contributed by atoms with Crippen molar-refractivity contribution in [2.24, 2.45) is 23.7 Å². The van der Waals surface area contributed by atoms with E-state index in [4.69, 9.17) is 64.0 Å². The molecule has 8 aromatic rings. The maximum absolute atomic E-state index is 13.6. The van der Waals surface area contributed by atoms with E-state index in [1.807, 2.05) is 13.8 Å². The van der Waals surface area contributed by atoms with Gasteiger partial charge in [-0.2, -0.15) is 43.6 Å². The number of esters is 2. The number of aliphatic carboxylic acids is 1. The van der Waals surface area contributed by atoms with Crippen LogP contribution in [-0.2, 0) is 101 Å². The van der Waals surface area contributed by atoms with E-state index in [-0.39, 0.29) is 193 Å². The smallest absolute Gasteiger partial charge is 0.870 e. The van der Waals surface area contributed by atoms with Gasteiger partial charge in [0, 0.05) is 38.6 Å². The van der Waals surface area contributed by atoms with E-state index in [0.29, 0.717) is 54.0 Å². The molecule has 12 rings (SSSR count). The van der Waals surface area contributed by atoms with Gasteiger partial charge in [-0.05, 0) is 101 Å². The fourth-order valence-electron chi connectivity index (χ4n) is 13.4. The number of carboxylic acid groups (broad SMARTS) is 1. The average Bonchev–Trinajstić information content (AvgIpc) is 1.59. The van der Waals surface area contributed by atoms with Crippen LogP contribution in [0.3, 0.4) is 0 Å². The number of nitrogens with one attached hydrogen (secondary N) is 1. The van der Waals surface area contributed by atoms with Gasteiger partial charge in [-0.25, -0.2) is 19.6 Å². The van der Waals surface area contributed by atoms with Crippen LogP contribution in [0.2, 0.25) is 0 Å². The molecule has 0 amide bonds. The monoisotopic (exact) mass is 1720 g/mol. The number of aromatic amines is 1. The van der Waals surface area contributed by atoms with Gasteiger partial charge in [-0.1, -0.05) is 163 Å². The summed E-state index contributed by atoms with van der Waals surface area (Å²) in [5, 5.41) is 25.3. The van der Waals surface area contributed by atoms with Gasteiger partial charge in [0.1, 0.15) is 42.1 Å². The van der Waals surface area contributed by atoms with Crippen LogP contribution < -0.4 is 86.7 Å². The summed E-state index contributed by atoms with van der Waals surface area (Å²) in [6.45, 7) is 8.04. The largest absolute Gasteiger partial charge is 1.00 e. The Morgan fingerprint density at radius 2 is 0.983 bits per heavy atom. The van der Waals surface area contributed by atoms with Crippen LogP contribution in [0.15, 0.2) is 92.5 Å². The van der Waals surface area contributed by atoms with Crippen LogP contribution in [0.5, 0.6) is 0 Å². The third kappa shape index (κ3) is 31.3. The Morgan fingerprint density at radius 1 is 0.560 bits per heavy atom. The summed E-state index contributed by atoms with van der Waals surface area (Å²) >= 11 is 15.2. The number of aromatic nitrogens is 12. The van der Waals surface area contributed by atoms with Gasteiger partial charge in [0.2, 0.25) is 0 Å². The normalized spacial score (nSPS) is 14.5. The Kier molecular flexibility index (Phi) is 48.2. The second kappa shape index (κ2) is 53.9. The number of fused-ring (bicyclic) bond motifs is 2. The minimum Gasteiger partial charge on any atom is -0.870 e. The number of hydrogen-bond acceptors (Lipinski definition) is 19. The van der Waals surface area contributed by atoms with Crippen LogP contribution in [-0.4, -0.2) is 131 Å². The molecule has 6 aromatic heterocycles. The van der Waals surface area contributed by atoms with E-state index < -0.39 is 51.9 Å². The van der Waals surface area contributed by atoms with Gasteiger partial charge in [-0.15, -0.1) is 5.92 Å². The van der Waals surface area contributed by atoms with Crippen molar-refractivity contribution in [3.8, 4) is 22.8 Å². The predicted octanol–water partition coefficient (Wildman–Crippen LogP) is 7.83. The molecule has 0 radical (unpaired) electrons. The molecule has 632 valence electrons. The van der Waals surface area contributed by atoms with Crippen molar-refractivity contribution in [1.29, 1.82) is 0 Å². The van der Waals surface area contributed by atoms with E-state index >= 15 is 0 Å². The standard InChI is InChI=1S/C30H35F3N6O5.C21H21F3N6O2.C9H15ClO3.C7H12O2.C7H11O.C2H4Cl2O.CH3O.2Na.H2O/c1-3-13-38-27(40)24-26(37(4-2)29(38)42)35-25(39(24)18-43-19-44-28(41)21-10-6-5-7-11-21)22-15-34-36(17-22)16-20-9-8-12-23(14-20)30(31,32)33;1-3-8-30-19(31)16-18(29(4-2)20(30)32)27-17(26-16)14-10-25-28(12-14)11-13-6-5-7-15(9-13)21(22,23)24;10-6-12-7-13-9(11)8-4-2-1-3-5-8;8-7(9)6-4-2-1-3-5-6;8-6-7-4-2-1-3-5-7;3-1-5-2-4;1-2;;;/h8-9,12,14-15,17,21H,3-7,10-11,13,16,18-19H2,1-2H3;5-7,9-10,12H,3-4,8,11H2,1-2H3,(H,26,27);8H,1-7H2;6H,1-5H2,(H,8,9);7H,1-5H2;1-2H2;1H3;;;1H2/q;;;;-1;;-1;2*+1;/p-1. The number of alkyl halides is 9. The Hall–Kier alpha value is -6.51. The Bertz CT molecular complexity index is 4520. The van der Waals surface area contributed by atoms with Crippen molar-refractivity contribution < 1.29 is 144 Å². The Balaban J connectivity index is 0.000000417. The van der Waals surface area contributed by atoms with E-state index in [9.17, 15) is 64.7 Å². The minimum atomic E-state index is -4.47. The van der Waals surface area contributed by atoms with Crippen LogP contribution in [0.25, 0.3) is 45.1 Å². The minimum absolute atomic E-state index is 0. The summed E-state index contributed by atoms with van der Waals surface area (Å²) < 4.78 is 113. The number of imidazole rings is 2. The summed E-state index contributed by atoms with van der Waals surface area (Å²) in [4.78, 5) is 108. The molecular formula is C77H102Cl3F6N12Na2O16-. The van der Waals surface area contributed by atoms with Gasteiger partial charge in [-0.3, -0.25) is 62.5 Å². The van der Waals surface area contributed by atoms with Crippen LogP contribution in [0.4, 0.5) is 26.3 Å². The summed E-state index contributed by atoms with van der Waals surface area (Å²) in [5.74, 6) is -0.249. The zero-order valence-electron chi connectivity index (χ0n) is 66.7. The molecule has 28 nitrogen and oxygen atoms in total. The van der Waals surface area contributed by atoms with Crippen molar-refractivity contribution in [3.05, 3.63) is 137 Å². The first-order valence-electron chi connectivity index (χ1n) is 37.9. The summed E-state index contributed by atoms with van der Waals surface area (Å²) in [6, 6.07) is 10.5. The van der Waals surface area contributed by atoms with Gasteiger partial charge < -0.3 is 49.2 Å². The maximum Gasteiger partial charge on any atom is 1.00 e. The van der Waals surface area contributed by atoms with Crippen molar-refractivity contribution >= 4 is 81.3 Å². The number of nitrogens with zero attached hydrogens (tertiary/aromatic N) is 11. The zero-order chi connectivity index (χ0) is 82.6. The van der Waals surface area contributed by atoms with Crippen molar-refractivity contribution in [3.63, 3.8) is 0 Å².